The van der Waals surface area contributed by atoms with Crippen molar-refractivity contribution in [3.8, 4) is 6.07 Å². The highest BCUT2D eigenvalue weighted by atomic mass is 35.5. The van der Waals surface area contributed by atoms with Crippen molar-refractivity contribution >= 4 is 29.1 Å². The Hall–Kier alpha value is -2.48. The molecule has 2 aromatic carbocycles. The van der Waals surface area contributed by atoms with E-state index in [0.29, 0.717) is 17.0 Å². The second kappa shape index (κ2) is 8.34. The summed E-state index contributed by atoms with van der Waals surface area (Å²) in [5.74, 6) is 0.515. The Morgan fingerprint density at radius 1 is 1.13 bits per heavy atom. The van der Waals surface area contributed by atoms with E-state index in [1.807, 2.05) is 42.5 Å². The Labute approximate surface area is 186 Å². The molecule has 1 unspecified atom stereocenters. The third-order valence-electron chi connectivity index (χ3n) is 5.56. The van der Waals surface area contributed by atoms with Crippen molar-refractivity contribution < 1.29 is 4.79 Å². The summed E-state index contributed by atoms with van der Waals surface area (Å²) in [6.07, 6.45) is 1.27. The normalized spacial score (nSPS) is 20.5. The van der Waals surface area contributed by atoms with Gasteiger partial charge in [0.2, 0.25) is 0 Å². The van der Waals surface area contributed by atoms with Crippen LogP contribution >= 0.6 is 23.4 Å². The summed E-state index contributed by atoms with van der Waals surface area (Å²) >= 11 is 7.71. The fraction of sp³-hybridized carbons (Fsp3) is 0.280. The van der Waals surface area contributed by atoms with Gasteiger partial charge in [0.15, 0.2) is 5.78 Å². The van der Waals surface area contributed by atoms with Gasteiger partial charge in [0.05, 0.1) is 22.6 Å². The fourth-order valence-electron chi connectivity index (χ4n) is 4.21. The van der Waals surface area contributed by atoms with Crippen molar-refractivity contribution in [2.45, 2.75) is 38.4 Å². The number of thioether (sulfide) groups is 1. The van der Waals surface area contributed by atoms with Gasteiger partial charge in [-0.25, -0.2) is 0 Å². The van der Waals surface area contributed by atoms with Crippen molar-refractivity contribution in [3.05, 3.63) is 92.6 Å². The highest BCUT2D eigenvalue weighted by molar-refractivity contribution is 8.02. The van der Waals surface area contributed by atoms with E-state index < -0.39 is 0 Å². The quantitative estimate of drug-likeness (QED) is 0.610. The lowest BCUT2D eigenvalue weighted by atomic mass is 9.69. The van der Waals surface area contributed by atoms with Gasteiger partial charge in [-0.05, 0) is 35.1 Å². The minimum absolute atomic E-state index is 0.104. The van der Waals surface area contributed by atoms with Gasteiger partial charge < -0.3 is 5.32 Å². The number of carbonyl (C=O) groups is 1. The average Bonchev–Trinajstić information content (AvgIpc) is 2.71. The molecule has 5 heteroatoms. The van der Waals surface area contributed by atoms with Crippen LogP contribution in [0.1, 0.15) is 43.7 Å². The summed E-state index contributed by atoms with van der Waals surface area (Å²) in [6.45, 7) is 4.24. The van der Waals surface area contributed by atoms with E-state index in [9.17, 15) is 10.1 Å². The van der Waals surface area contributed by atoms with Crippen LogP contribution < -0.4 is 5.32 Å². The van der Waals surface area contributed by atoms with E-state index in [4.69, 9.17) is 11.6 Å². The molecule has 2 aliphatic rings. The number of benzene rings is 2. The third-order valence-corrected chi connectivity index (χ3v) is 6.90. The lowest BCUT2D eigenvalue weighted by Crippen LogP contribution is -2.36. The average molecular weight is 435 g/mol. The number of ketones is 1. The van der Waals surface area contributed by atoms with E-state index >= 15 is 0 Å². The number of nitrogens with one attached hydrogen (secondary N) is 1. The van der Waals surface area contributed by atoms with Gasteiger partial charge in [-0.15, -0.1) is 11.8 Å². The Bertz CT molecular complexity index is 1080. The van der Waals surface area contributed by atoms with E-state index in [1.165, 1.54) is 5.56 Å². The number of nitrogens with zero attached hydrogens (tertiary/aromatic N) is 1. The zero-order valence-corrected chi connectivity index (χ0v) is 18.6. The molecule has 1 aliphatic carbocycles. The van der Waals surface area contributed by atoms with Crippen molar-refractivity contribution in [1.29, 1.82) is 5.26 Å². The standard InChI is InChI=1S/C25H23ClN2OS/c1-25(2)12-20-23(21(29)13-25)22(17-8-10-18(26)11-9-17)19(14-27)24(28-20)30-15-16-6-4-3-5-7-16/h3-11,22,28H,12-13,15H2,1-2H3. The first-order valence-electron chi connectivity index (χ1n) is 9.98. The number of hydrogen-bond donors (Lipinski definition) is 1. The molecule has 0 bridgehead atoms. The van der Waals surface area contributed by atoms with Crippen LogP contribution in [-0.2, 0) is 10.5 Å². The Balaban J connectivity index is 1.78. The molecule has 1 heterocycles. The maximum absolute atomic E-state index is 13.2. The molecule has 1 aliphatic heterocycles. The zero-order chi connectivity index (χ0) is 21.3. The number of hydrogen-bond acceptors (Lipinski definition) is 4. The number of carbonyl (C=O) groups excluding carboxylic acids is 1. The van der Waals surface area contributed by atoms with Gasteiger partial charge in [0, 0.05) is 28.5 Å². The molecule has 0 spiro atoms. The van der Waals surface area contributed by atoms with Crippen LogP contribution in [0.3, 0.4) is 0 Å². The molecule has 0 radical (unpaired) electrons. The molecule has 3 nitrogen and oxygen atoms in total. The minimum Gasteiger partial charge on any atom is -0.352 e. The molecule has 0 fully saturated rings. The smallest absolute Gasteiger partial charge is 0.162 e. The third kappa shape index (κ3) is 4.19. The first-order valence-corrected chi connectivity index (χ1v) is 11.3. The summed E-state index contributed by atoms with van der Waals surface area (Å²) in [4.78, 5) is 13.2. The first kappa shape index (κ1) is 20.8. The van der Waals surface area contributed by atoms with Crippen LogP contribution in [-0.4, -0.2) is 5.78 Å². The lowest BCUT2D eigenvalue weighted by Gasteiger charge is -2.39. The molecule has 30 heavy (non-hydrogen) atoms. The molecule has 2 aromatic rings. The minimum atomic E-state index is -0.356. The van der Waals surface area contributed by atoms with Crippen LogP contribution in [0.5, 0.6) is 0 Å². The largest absolute Gasteiger partial charge is 0.352 e. The van der Waals surface area contributed by atoms with E-state index in [1.54, 1.807) is 11.8 Å². The molecule has 152 valence electrons. The summed E-state index contributed by atoms with van der Waals surface area (Å²) in [7, 11) is 0. The second-order valence-corrected chi connectivity index (χ2v) is 9.99. The van der Waals surface area contributed by atoms with Crippen LogP contribution in [0, 0.1) is 16.7 Å². The number of Topliss-reactive ketones (excluding diaryl/α,β-unsaturated/α-hetero) is 1. The van der Waals surface area contributed by atoms with Crippen LogP contribution in [0.2, 0.25) is 5.02 Å². The van der Waals surface area contributed by atoms with Crippen molar-refractivity contribution in [2.75, 3.05) is 0 Å². The monoisotopic (exact) mass is 434 g/mol. The van der Waals surface area contributed by atoms with Crippen molar-refractivity contribution in [3.63, 3.8) is 0 Å². The van der Waals surface area contributed by atoms with Crippen LogP contribution in [0.4, 0.5) is 0 Å². The van der Waals surface area contributed by atoms with Gasteiger partial charge in [-0.2, -0.15) is 5.26 Å². The number of allylic oxidation sites excluding steroid dienone is 3. The van der Waals surface area contributed by atoms with Crippen LogP contribution in [0.25, 0.3) is 0 Å². The topological polar surface area (TPSA) is 52.9 Å². The predicted molar refractivity (Wildman–Crippen MR) is 123 cm³/mol. The molecule has 0 saturated heterocycles. The predicted octanol–water partition coefficient (Wildman–Crippen LogP) is 6.34. The zero-order valence-electron chi connectivity index (χ0n) is 17.0. The highest BCUT2D eigenvalue weighted by Gasteiger charge is 2.41. The number of nitriles is 1. The summed E-state index contributed by atoms with van der Waals surface area (Å²) in [5.41, 5.74) is 4.30. The van der Waals surface area contributed by atoms with Crippen molar-refractivity contribution in [2.24, 2.45) is 5.41 Å². The summed E-state index contributed by atoms with van der Waals surface area (Å²) < 4.78 is 0. The lowest BCUT2D eigenvalue weighted by molar-refractivity contribution is -0.118. The van der Waals surface area contributed by atoms with Gasteiger partial charge >= 0.3 is 0 Å². The Kier molecular flexibility index (Phi) is 5.77. The Morgan fingerprint density at radius 3 is 2.50 bits per heavy atom. The van der Waals surface area contributed by atoms with Gasteiger partial charge in [0.1, 0.15) is 0 Å². The maximum Gasteiger partial charge on any atom is 0.162 e. The van der Waals surface area contributed by atoms with Gasteiger partial charge in [-0.1, -0.05) is 67.9 Å². The first-order chi connectivity index (χ1) is 14.4. The number of halogens is 1. The van der Waals surface area contributed by atoms with Gasteiger partial charge in [-0.3, -0.25) is 4.79 Å². The van der Waals surface area contributed by atoms with E-state index in [0.717, 1.165) is 34.0 Å². The molecule has 1 N–H and O–H groups in total. The molecule has 4 rings (SSSR count). The summed E-state index contributed by atoms with van der Waals surface area (Å²) in [5, 5.41) is 15.1. The highest BCUT2D eigenvalue weighted by Crippen LogP contribution is 2.48. The maximum atomic E-state index is 13.2. The van der Waals surface area contributed by atoms with Gasteiger partial charge in [0.25, 0.3) is 0 Å². The van der Waals surface area contributed by atoms with Crippen molar-refractivity contribution in [1.82, 2.24) is 5.32 Å². The molecule has 0 aromatic heterocycles. The summed E-state index contributed by atoms with van der Waals surface area (Å²) in [6, 6.07) is 20.1. The van der Waals surface area contributed by atoms with E-state index in [-0.39, 0.29) is 17.1 Å². The van der Waals surface area contributed by atoms with E-state index in [2.05, 4.69) is 37.4 Å². The molecule has 1 atom stereocenters. The fourth-order valence-corrected chi connectivity index (χ4v) is 5.35. The molecule has 0 saturated carbocycles. The second-order valence-electron chi connectivity index (χ2n) is 8.57. The SMILES string of the molecule is CC1(C)CC(=O)C2=C(C1)NC(SCc1ccccc1)=C(C#N)C2c1ccc(Cl)cc1. The van der Waals surface area contributed by atoms with Crippen LogP contribution in [0.15, 0.2) is 76.5 Å². The molecular weight excluding hydrogens is 412 g/mol. The number of rotatable bonds is 4. The Morgan fingerprint density at radius 2 is 1.83 bits per heavy atom. The number of dihydropyridines is 1. The molecular formula is C25H23ClN2OS. The molecule has 0 amide bonds.